The SMILES string of the molecule is O=P(O)(O)C#CCl. The number of hydrogen-bond donors (Lipinski definition) is 2. The second-order valence-corrected chi connectivity index (χ2v) is 2.25. The molecule has 0 atom stereocenters. The summed E-state index contributed by atoms with van der Waals surface area (Å²) in [7, 11) is -4.16. The van der Waals surface area contributed by atoms with Gasteiger partial charge in [-0.05, 0) is 11.6 Å². The van der Waals surface area contributed by atoms with Crippen LogP contribution in [0.1, 0.15) is 0 Å². The highest BCUT2D eigenvalue weighted by molar-refractivity contribution is 7.57. The van der Waals surface area contributed by atoms with Crippen LogP contribution in [0.4, 0.5) is 0 Å². The predicted octanol–water partition coefficient (Wildman–Crippen LogP) is 0.321. The summed E-state index contributed by atoms with van der Waals surface area (Å²) in [6.45, 7) is 0. The van der Waals surface area contributed by atoms with Crippen LogP contribution in [0.25, 0.3) is 0 Å². The molecular formula is C2H2ClO3P. The van der Waals surface area contributed by atoms with Crippen molar-refractivity contribution in [3.8, 4) is 11.0 Å². The monoisotopic (exact) mass is 140 g/mol. The quantitative estimate of drug-likeness (QED) is 0.376. The Kier molecular flexibility index (Phi) is 2.34. The first kappa shape index (κ1) is 7.00. The molecule has 0 bridgehead atoms. The van der Waals surface area contributed by atoms with Crippen molar-refractivity contribution < 1.29 is 14.4 Å². The maximum absolute atomic E-state index is 9.67. The van der Waals surface area contributed by atoms with E-state index in [1.165, 1.54) is 5.66 Å². The van der Waals surface area contributed by atoms with Crippen molar-refractivity contribution in [2.45, 2.75) is 0 Å². The third-order valence-electron chi connectivity index (χ3n) is 0.188. The molecule has 0 amide bonds. The van der Waals surface area contributed by atoms with Crippen molar-refractivity contribution in [2.75, 3.05) is 0 Å². The van der Waals surface area contributed by atoms with Crippen LogP contribution in [0.15, 0.2) is 0 Å². The molecule has 0 radical (unpaired) electrons. The molecule has 0 spiro atoms. The Balaban J connectivity index is 4.01. The van der Waals surface area contributed by atoms with Gasteiger partial charge in [0.15, 0.2) is 0 Å². The van der Waals surface area contributed by atoms with Crippen LogP contribution in [0.2, 0.25) is 0 Å². The van der Waals surface area contributed by atoms with Crippen LogP contribution < -0.4 is 0 Å². The summed E-state index contributed by atoms with van der Waals surface area (Å²) in [6.07, 6.45) is 0. The molecule has 5 heteroatoms. The number of rotatable bonds is 0. The lowest BCUT2D eigenvalue weighted by molar-refractivity contribution is 0.389. The zero-order chi connectivity index (χ0) is 5.91. The summed E-state index contributed by atoms with van der Waals surface area (Å²) in [5.74, 6) is 0. The van der Waals surface area contributed by atoms with Gasteiger partial charge in [-0.25, -0.2) is 4.57 Å². The molecule has 0 aromatic heterocycles. The van der Waals surface area contributed by atoms with Gasteiger partial charge < -0.3 is 9.79 Å². The Morgan fingerprint density at radius 1 is 1.57 bits per heavy atom. The van der Waals surface area contributed by atoms with Crippen LogP contribution >= 0.6 is 19.2 Å². The van der Waals surface area contributed by atoms with E-state index in [1.54, 1.807) is 5.38 Å². The Morgan fingerprint density at radius 3 is 2.00 bits per heavy atom. The van der Waals surface area contributed by atoms with Gasteiger partial charge in [0.2, 0.25) is 0 Å². The van der Waals surface area contributed by atoms with E-state index in [2.05, 4.69) is 11.6 Å². The zero-order valence-corrected chi connectivity index (χ0v) is 4.78. The zero-order valence-electron chi connectivity index (χ0n) is 3.13. The molecule has 0 saturated heterocycles. The van der Waals surface area contributed by atoms with Crippen LogP contribution in [0.3, 0.4) is 0 Å². The van der Waals surface area contributed by atoms with Gasteiger partial charge in [0.25, 0.3) is 0 Å². The molecule has 0 heterocycles. The molecule has 0 rings (SSSR count). The fourth-order valence-corrected chi connectivity index (χ4v) is 0.495. The summed E-state index contributed by atoms with van der Waals surface area (Å²) in [5, 5.41) is 1.57. The maximum atomic E-state index is 9.67. The van der Waals surface area contributed by atoms with Crippen molar-refractivity contribution in [1.29, 1.82) is 0 Å². The summed E-state index contributed by atoms with van der Waals surface area (Å²) in [4.78, 5) is 15.7. The normalized spacial score (nSPS) is 9.57. The maximum Gasteiger partial charge on any atom is 0.401 e. The van der Waals surface area contributed by atoms with E-state index < -0.39 is 7.60 Å². The Labute approximate surface area is 45.5 Å². The molecule has 0 saturated carbocycles. The van der Waals surface area contributed by atoms with Crippen molar-refractivity contribution in [2.24, 2.45) is 0 Å². The first-order valence-electron chi connectivity index (χ1n) is 1.25. The van der Waals surface area contributed by atoms with Gasteiger partial charge in [-0.2, -0.15) is 0 Å². The van der Waals surface area contributed by atoms with Gasteiger partial charge in [-0.15, -0.1) is 0 Å². The minimum atomic E-state index is -4.16. The summed E-state index contributed by atoms with van der Waals surface area (Å²) >= 11 is 4.63. The first-order chi connectivity index (χ1) is 3.06. The van der Waals surface area contributed by atoms with Crippen LogP contribution in [0.5, 0.6) is 0 Å². The Morgan fingerprint density at radius 2 is 2.00 bits per heavy atom. The van der Waals surface area contributed by atoms with Gasteiger partial charge in [0.1, 0.15) is 0 Å². The molecular weight excluding hydrogens is 138 g/mol. The van der Waals surface area contributed by atoms with Crippen molar-refractivity contribution >= 4 is 19.2 Å². The predicted molar refractivity (Wildman–Crippen MR) is 25.7 cm³/mol. The highest BCUT2D eigenvalue weighted by Crippen LogP contribution is 2.31. The Bertz CT molecular complexity index is 148. The summed E-state index contributed by atoms with van der Waals surface area (Å²) in [6, 6.07) is 0. The standard InChI is InChI=1S/C2H2ClO3P/c3-1-2-7(4,5)6/h(H2,4,5,6). The first-order valence-corrected chi connectivity index (χ1v) is 3.24. The summed E-state index contributed by atoms with van der Waals surface area (Å²) in [5.41, 5.74) is 1.47. The molecule has 40 valence electrons. The smallest absolute Gasteiger partial charge is 0.315 e. The topological polar surface area (TPSA) is 57.5 Å². The van der Waals surface area contributed by atoms with E-state index in [0.29, 0.717) is 0 Å². The number of halogens is 1. The lowest BCUT2D eigenvalue weighted by Gasteiger charge is -1.84. The van der Waals surface area contributed by atoms with E-state index in [9.17, 15) is 4.57 Å². The second-order valence-electron chi connectivity index (χ2n) is 0.750. The van der Waals surface area contributed by atoms with Crippen molar-refractivity contribution in [3.05, 3.63) is 0 Å². The molecule has 0 aliphatic rings. The van der Waals surface area contributed by atoms with Crippen molar-refractivity contribution in [3.63, 3.8) is 0 Å². The van der Waals surface area contributed by atoms with Crippen molar-refractivity contribution in [1.82, 2.24) is 0 Å². The molecule has 2 N–H and O–H groups in total. The highest BCUT2D eigenvalue weighted by atomic mass is 35.5. The summed E-state index contributed by atoms with van der Waals surface area (Å²) < 4.78 is 9.67. The van der Waals surface area contributed by atoms with E-state index in [4.69, 9.17) is 9.79 Å². The molecule has 0 aromatic rings. The third kappa shape index (κ3) is 6.00. The fourth-order valence-electron chi connectivity index (χ4n) is 0.0550. The average molecular weight is 140 g/mol. The second kappa shape index (κ2) is 2.34. The van der Waals surface area contributed by atoms with Gasteiger partial charge in [0, 0.05) is 11.0 Å². The van der Waals surface area contributed by atoms with Gasteiger partial charge >= 0.3 is 7.60 Å². The molecule has 0 aliphatic carbocycles. The molecule has 7 heavy (non-hydrogen) atoms. The average Bonchev–Trinajstić information content (AvgIpc) is 1.30. The van der Waals surface area contributed by atoms with E-state index in [1.807, 2.05) is 0 Å². The van der Waals surface area contributed by atoms with Crippen LogP contribution in [0, 0.1) is 11.0 Å². The minimum Gasteiger partial charge on any atom is -0.315 e. The molecule has 0 fully saturated rings. The van der Waals surface area contributed by atoms with E-state index in [-0.39, 0.29) is 0 Å². The van der Waals surface area contributed by atoms with Gasteiger partial charge in [-0.1, -0.05) is 0 Å². The Hall–Kier alpha value is -0.0000000000000000555. The molecule has 0 unspecified atom stereocenters. The number of hydrogen-bond acceptors (Lipinski definition) is 1. The fraction of sp³-hybridized carbons (Fsp3) is 0. The van der Waals surface area contributed by atoms with Gasteiger partial charge in [-0.3, -0.25) is 0 Å². The van der Waals surface area contributed by atoms with E-state index in [0.717, 1.165) is 0 Å². The molecule has 0 aromatic carbocycles. The van der Waals surface area contributed by atoms with E-state index >= 15 is 0 Å². The van der Waals surface area contributed by atoms with Crippen LogP contribution in [-0.4, -0.2) is 9.79 Å². The van der Waals surface area contributed by atoms with Gasteiger partial charge in [0.05, 0.1) is 0 Å². The molecule has 3 nitrogen and oxygen atoms in total. The largest absolute Gasteiger partial charge is 0.401 e. The third-order valence-corrected chi connectivity index (χ3v) is 0.817. The minimum absolute atomic E-state index is 1.47. The highest BCUT2D eigenvalue weighted by Gasteiger charge is 2.04. The lowest BCUT2D eigenvalue weighted by Crippen LogP contribution is -1.65. The molecule has 0 aliphatic heterocycles. The lowest BCUT2D eigenvalue weighted by atomic mass is 11.4. The van der Waals surface area contributed by atoms with Crippen LogP contribution in [-0.2, 0) is 4.57 Å².